The van der Waals surface area contributed by atoms with Crippen molar-refractivity contribution >= 4 is 0 Å². The molecular formula is C20H24O5. The normalized spacial score (nSPS) is 26.0. The molecule has 25 heavy (non-hydrogen) atoms. The van der Waals surface area contributed by atoms with E-state index in [-0.39, 0.29) is 6.61 Å². The molecule has 1 fully saturated rings. The maximum Gasteiger partial charge on any atom is 0.186 e. The molecule has 0 aromatic heterocycles. The molecule has 3 rings (SSSR count). The molecule has 1 heterocycles. The standard InChI is InChI=1S/C20H24O5/c1-22-20-19(24-14-16-10-6-3-7-11-16)18(17(12-21)25-20)23-13-15-8-4-2-5-9-15/h2-11,17-21H,12-14H2,1H3/t17-,18-,19-,20?/m1/s1. The molecule has 1 aliphatic heterocycles. The minimum absolute atomic E-state index is 0.148. The second-order valence-electron chi connectivity index (χ2n) is 5.98. The highest BCUT2D eigenvalue weighted by atomic mass is 16.7. The van der Waals surface area contributed by atoms with Gasteiger partial charge >= 0.3 is 0 Å². The van der Waals surface area contributed by atoms with Crippen LogP contribution in [0.3, 0.4) is 0 Å². The van der Waals surface area contributed by atoms with Gasteiger partial charge in [-0.2, -0.15) is 0 Å². The van der Waals surface area contributed by atoms with Gasteiger partial charge in [0.15, 0.2) is 6.29 Å². The molecule has 5 heteroatoms. The van der Waals surface area contributed by atoms with Crippen molar-refractivity contribution in [2.24, 2.45) is 0 Å². The van der Waals surface area contributed by atoms with Crippen LogP contribution in [0.1, 0.15) is 11.1 Å². The summed E-state index contributed by atoms with van der Waals surface area (Å²) in [5.41, 5.74) is 2.12. The summed E-state index contributed by atoms with van der Waals surface area (Å²) in [5, 5.41) is 9.63. The third-order valence-electron chi connectivity index (χ3n) is 4.25. The number of benzene rings is 2. The topological polar surface area (TPSA) is 57.2 Å². The van der Waals surface area contributed by atoms with Crippen LogP contribution in [0.25, 0.3) is 0 Å². The fraction of sp³-hybridized carbons (Fsp3) is 0.400. The van der Waals surface area contributed by atoms with Crippen molar-refractivity contribution in [2.45, 2.75) is 37.8 Å². The lowest BCUT2D eigenvalue weighted by atomic mass is 10.1. The number of rotatable bonds is 8. The van der Waals surface area contributed by atoms with E-state index in [2.05, 4.69) is 0 Å². The lowest BCUT2D eigenvalue weighted by Gasteiger charge is -2.24. The molecular weight excluding hydrogens is 320 g/mol. The molecule has 0 radical (unpaired) electrons. The van der Waals surface area contributed by atoms with Gasteiger partial charge in [-0.05, 0) is 11.1 Å². The Morgan fingerprint density at radius 3 is 1.84 bits per heavy atom. The largest absolute Gasteiger partial charge is 0.394 e. The molecule has 4 atom stereocenters. The van der Waals surface area contributed by atoms with Crippen molar-refractivity contribution in [3.63, 3.8) is 0 Å². The summed E-state index contributed by atoms with van der Waals surface area (Å²) in [5.74, 6) is 0. The second-order valence-corrected chi connectivity index (χ2v) is 5.98. The molecule has 1 N–H and O–H groups in total. The van der Waals surface area contributed by atoms with Gasteiger partial charge in [-0.25, -0.2) is 0 Å². The van der Waals surface area contributed by atoms with Crippen molar-refractivity contribution in [2.75, 3.05) is 13.7 Å². The van der Waals surface area contributed by atoms with E-state index in [0.717, 1.165) is 11.1 Å². The van der Waals surface area contributed by atoms with Crippen LogP contribution in [0.4, 0.5) is 0 Å². The highest BCUT2D eigenvalue weighted by Gasteiger charge is 2.46. The summed E-state index contributed by atoms with van der Waals surface area (Å²) in [6, 6.07) is 19.8. The van der Waals surface area contributed by atoms with Crippen LogP contribution in [0, 0.1) is 0 Å². The molecule has 2 aromatic rings. The van der Waals surface area contributed by atoms with E-state index in [1.165, 1.54) is 0 Å². The SMILES string of the molecule is COC1O[C@H](CO)[C@@H](OCc2ccccc2)[C@H]1OCc1ccccc1. The third-order valence-corrected chi connectivity index (χ3v) is 4.25. The molecule has 0 aliphatic carbocycles. The molecule has 1 aliphatic rings. The number of aliphatic hydroxyl groups excluding tert-OH is 1. The maximum atomic E-state index is 9.63. The Balaban J connectivity index is 1.66. The van der Waals surface area contributed by atoms with Crippen LogP contribution in [0.2, 0.25) is 0 Å². The van der Waals surface area contributed by atoms with Gasteiger partial charge in [-0.3, -0.25) is 0 Å². The van der Waals surface area contributed by atoms with Crippen LogP contribution in [-0.4, -0.2) is 43.4 Å². The quantitative estimate of drug-likeness (QED) is 0.797. The number of ether oxygens (including phenoxy) is 4. The first-order valence-corrected chi connectivity index (χ1v) is 8.42. The van der Waals surface area contributed by atoms with Gasteiger partial charge in [0, 0.05) is 7.11 Å². The second kappa shape index (κ2) is 9.08. The van der Waals surface area contributed by atoms with E-state index < -0.39 is 24.6 Å². The van der Waals surface area contributed by atoms with Crippen molar-refractivity contribution in [3.8, 4) is 0 Å². The fourth-order valence-electron chi connectivity index (χ4n) is 2.94. The van der Waals surface area contributed by atoms with Crippen molar-refractivity contribution < 1.29 is 24.1 Å². The molecule has 1 saturated heterocycles. The summed E-state index contributed by atoms with van der Waals surface area (Å²) in [7, 11) is 1.57. The van der Waals surface area contributed by atoms with Gasteiger partial charge in [-0.15, -0.1) is 0 Å². The Labute approximate surface area is 148 Å². The Hall–Kier alpha value is -1.76. The molecule has 0 amide bonds. The number of aliphatic hydroxyl groups is 1. The zero-order valence-electron chi connectivity index (χ0n) is 14.3. The Morgan fingerprint density at radius 2 is 1.36 bits per heavy atom. The van der Waals surface area contributed by atoms with Crippen molar-refractivity contribution in [3.05, 3.63) is 71.8 Å². The molecule has 0 saturated carbocycles. The first-order valence-electron chi connectivity index (χ1n) is 8.42. The molecule has 1 unspecified atom stereocenters. The number of hydrogen-bond acceptors (Lipinski definition) is 5. The molecule has 134 valence electrons. The van der Waals surface area contributed by atoms with Gasteiger partial charge in [0.25, 0.3) is 0 Å². The van der Waals surface area contributed by atoms with Crippen molar-refractivity contribution in [1.29, 1.82) is 0 Å². The first-order chi connectivity index (χ1) is 12.3. The van der Waals surface area contributed by atoms with Crippen LogP contribution >= 0.6 is 0 Å². The fourth-order valence-corrected chi connectivity index (χ4v) is 2.94. The smallest absolute Gasteiger partial charge is 0.186 e. The van der Waals surface area contributed by atoms with E-state index in [1.807, 2.05) is 60.7 Å². The predicted octanol–water partition coefficient (Wildman–Crippen LogP) is 2.52. The molecule has 0 spiro atoms. The third kappa shape index (κ3) is 4.66. The zero-order chi connectivity index (χ0) is 17.5. The van der Waals surface area contributed by atoms with Gasteiger partial charge in [0.2, 0.25) is 0 Å². The average Bonchev–Trinajstić information content (AvgIpc) is 3.03. The highest BCUT2D eigenvalue weighted by molar-refractivity contribution is 5.14. The van der Waals surface area contributed by atoms with Gasteiger partial charge in [0.1, 0.15) is 18.3 Å². The number of methoxy groups -OCH3 is 1. The average molecular weight is 344 g/mol. The van der Waals surface area contributed by atoms with Gasteiger partial charge < -0.3 is 24.1 Å². The first kappa shape index (κ1) is 18.0. The number of hydrogen-bond donors (Lipinski definition) is 1. The van der Waals surface area contributed by atoms with Crippen LogP contribution in [0.5, 0.6) is 0 Å². The minimum atomic E-state index is -0.568. The van der Waals surface area contributed by atoms with Crippen LogP contribution < -0.4 is 0 Å². The van der Waals surface area contributed by atoms with E-state index >= 15 is 0 Å². The monoisotopic (exact) mass is 344 g/mol. The van der Waals surface area contributed by atoms with E-state index in [0.29, 0.717) is 13.2 Å². The lowest BCUT2D eigenvalue weighted by molar-refractivity contribution is -0.169. The highest BCUT2D eigenvalue weighted by Crippen LogP contribution is 2.28. The Kier molecular flexibility index (Phi) is 6.55. The minimum Gasteiger partial charge on any atom is -0.394 e. The lowest BCUT2D eigenvalue weighted by Crippen LogP contribution is -2.39. The Morgan fingerprint density at radius 1 is 0.840 bits per heavy atom. The summed E-state index contributed by atoms with van der Waals surface area (Å²) in [4.78, 5) is 0. The van der Waals surface area contributed by atoms with Crippen LogP contribution in [0.15, 0.2) is 60.7 Å². The van der Waals surface area contributed by atoms with E-state index in [9.17, 15) is 5.11 Å². The van der Waals surface area contributed by atoms with E-state index in [1.54, 1.807) is 7.11 Å². The summed E-state index contributed by atoms with van der Waals surface area (Å²) >= 11 is 0. The summed E-state index contributed by atoms with van der Waals surface area (Å²) < 4.78 is 23.2. The van der Waals surface area contributed by atoms with Gasteiger partial charge in [0.05, 0.1) is 19.8 Å². The summed E-state index contributed by atoms with van der Waals surface area (Å²) in [6.45, 7) is 0.704. The van der Waals surface area contributed by atoms with Crippen LogP contribution in [-0.2, 0) is 32.2 Å². The molecule has 5 nitrogen and oxygen atoms in total. The molecule has 0 bridgehead atoms. The van der Waals surface area contributed by atoms with Crippen molar-refractivity contribution in [1.82, 2.24) is 0 Å². The summed E-state index contributed by atoms with van der Waals surface area (Å²) in [6.07, 6.45) is -1.86. The zero-order valence-corrected chi connectivity index (χ0v) is 14.3. The van der Waals surface area contributed by atoms with Gasteiger partial charge in [-0.1, -0.05) is 60.7 Å². The van der Waals surface area contributed by atoms with E-state index in [4.69, 9.17) is 18.9 Å². The Bertz CT molecular complexity index is 563. The predicted molar refractivity (Wildman–Crippen MR) is 92.8 cm³/mol. The maximum absolute atomic E-state index is 9.63. The molecule has 2 aromatic carbocycles.